The summed E-state index contributed by atoms with van der Waals surface area (Å²) in [5, 5.41) is 15.3. The molecule has 2 N–H and O–H groups in total. The van der Waals surface area contributed by atoms with Crippen molar-refractivity contribution in [1.29, 1.82) is 5.26 Å². The van der Waals surface area contributed by atoms with E-state index < -0.39 is 35.5 Å². The number of piperidine rings is 1. The highest BCUT2D eigenvalue weighted by Gasteiger charge is 2.52. The summed E-state index contributed by atoms with van der Waals surface area (Å²) in [6.45, 7) is 5.82. The van der Waals surface area contributed by atoms with Crippen LogP contribution in [0.1, 0.15) is 61.5 Å². The van der Waals surface area contributed by atoms with Crippen molar-refractivity contribution in [3.63, 3.8) is 0 Å². The molecule has 9 heteroatoms. The van der Waals surface area contributed by atoms with E-state index in [2.05, 4.69) is 16.7 Å². The number of carbonyl (C=O) groups is 3. The number of rotatable bonds is 5. The SMILES string of the molecule is CC(C)(C)OC(=O)N1C2CCC(C2)C1C(=O)NC(C#N)Cc1ccc(-c2ccc3c(c2)C(=O)NC3)cc1F. The van der Waals surface area contributed by atoms with Gasteiger partial charge in [0.2, 0.25) is 5.91 Å². The minimum absolute atomic E-state index is 0.0114. The van der Waals surface area contributed by atoms with E-state index in [1.54, 1.807) is 39.0 Å². The Balaban J connectivity index is 1.28. The van der Waals surface area contributed by atoms with Gasteiger partial charge in [0.15, 0.2) is 0 Å². The Hall–Kier alpha value is -3.93. The van der Waals surface area contributed by atoms with Crippen LogP contribution in [0.3, 0.4) is 0 Å². The number of fused-ring (bicyclic) bond motifs is 3. The van der Waals surface area contributed by atoms with Crippen molar-refractivity contribution in [2.75, 3.05) is 0 Å². The average molecular weight is 519 g/mol. The van der Waals surface area contributed by atoms with Crippen molar-refractivity contribution < 1.29 is 23.5 Å². The highest BCUT2D eigenvalue weighted by atomic mass is 19.1. The number of halogens is 1. The second-order valence-electron chi connectivity index (χ2n) is 11.3. The summed E-state index contributed by atoms with van der Waals surface area (Å²) in [4.78, 5) is 39.7. The third kappa shape index (κ3) is 4.95. The van der Waals surface area contributed by atoms with Crippen molar-refractivity contribution in [2.45, 2.75) is 76.7 Å². The van der Waals surface area contributed by atoms with E-state index in [4.69, 9.17) is 4.74 Å². The van der Waals surface area contributed by atoms with Crippen LogP contribution in [0.5, 0.6) is 0 Å². The summed E-state index contributed by atoms with van der Waals surface area (Å²) in [6.07, 6.45) is 1.84. The van der Waals surface area contributed by atoms with Crippen molar-refractivity contribution in [1.82, 2.24) is 15.5 Å². The van der Waals surface area contributed by atoms with Crippen molar-refractivity contribution >= 4 is 17.9 Å². The van der Waals surface area contributed by atoms with E-state index in [0.29, 0.717) is 17.7 Å². The molecule has 2 bridgehead atoms. The van der Waals surface area contributed by atoms with Crippen molar-refractivity contribution in [2.24, 2.45) is 5.92 Å². The minimum Gasteiger partial charge on any atom is -0.444 e. The average Bonchev–Trinajstić information content (AvgIpc) is 3.58. The van der Waals surface area contributed by atoms with E-state index in [0.717, 1.165) is 30.4 Å². The lowest BCUT2D eigenvalue weighted by Gasteiger charge is -2.35. The van der Waals surface area contributed by atoms with Gasteiger partial charge in [0, 0.05) is 24.6 Å². The topological polar surface area (TPSA) is 112 Å². The normalized spacial score (nSPS) is 22.4. The van der Waals surface area contributed by atoms with Crippen LogP contribution in [0.15, 0.2) is 36.4 Å². The fourth-order valence-corrected chi connectivity index (χ4v) is 5.79. The minimum atomic E-state index is -0.967. The van der Waals surface area contributed by atoms with Gasteiger partial charge in [0.1, 0.15) is 23.5 Å². The summed E-state index contributed by atoms with van der Waals surface area (Å²) < 4.78 is 20.6. The van der Waals surface area contributed by atoms with Crippen molar-refractivity contribution in [3.8, 4) is 17.2 Å². The van der Waals surface area contributed by atoms with Gasteiger partial charge in [0.05, 0.1) is 6.07 Å². The Morgan fingerprint density at radius 3 is 2.66 bits per heavy atom. The number of benzene rings is 2. The zero-order valence-corrected chi connectivity index (χ0v) is 21.7. The van der Waals surface area contributed by atoms with E-state index in [1.165, 1.54) is 11.0 Å². The lowest BCUT2D eigenvalue weighted by Crippen LogP contribution is -2.55. The monoisotopic (exact) mass is 518 g/mol. The van der Waals surface area contributed by atoms with Crippen LogP contribution in [-0.4, -0.2) is 46.5 Å². The van der Waals surface area contributed by atoms with Crippen molar-refractivity contribution in [3.05, 3.63) is 58.9 Å². The standard InChI is InChI=1S/C29H31FN4O4/c1-29(2,3)38-28(37)34-22-9-8-19(11-22)25(34)27(36)33-21(14-31)10-18-6-4-17(13-24(18)30)16-5-7-20-15-32-26(35)23(20)12-16/h4-7,12-13,19,21-22,25H,8-11,15H2,1-3H3,(H,32,35)(H,33,36). The molecule has 0 aromatic heterocycles. The van der Waals surface area contributed by atoms with Crippen LogP contribution in [0.4, 0.5) is 9.18 Å². The highest BCUT2D eigenvalue weighted by molar-refractivity contribution is 5.99. The second-order valence-corrected chi connectivity index (χ2v) is 11.3. The third-order valence-electron chi connectivity index (χ3n) is 7.53. The number of nitrogens with one attached hydrogen (secondary N) is 2. The largest absolute Gasteiger partial charge is 0.444 e. The van der Waals surface area contributed by atoms with Crippen LogP contribution < -0.4 is 10.6 Å². The number of likely N-dealkylation sites (tertiary alicyclic amines) is 1. The van der Waals surface area contributed by atoms with Gasteiger partial charge in [0.25, 0.3) is 5.91 Å². The number of hydrogen-bond donors (Lipinski definition) is 2. The number of hydrogen-bond acceptors (Lipinski definition) is 5. The summed E-state index contributed by atoms with van der Waals surface area (Å²) in [5.74, 6) is -1.05. The maximum absolute atomic E-state index is 15.1. The molecule has 1 aliphatic carbocycles. The molecular weight excluding hydrogens is 487 g/mol. The molecule has 38 heavy (non-hydrogen) atoms. The summed E-state index contributed by atoms with van der Waals surface area (Å²) >= 11 is 0. The fraction of sp³-hybridized carbons (Fsp3) is 0.448. The molecule has 198 valence electrons. The number of nitriles is 1. The van der Waals surface area contributed by atoms with Crippen LogP contribution in [-0.2, 0) is 22.5 Å². The van der Waals surface area contributed by atoms with Gasteiger partial charge in [-0.3, -0.25) is 14.5 Å². The van der Waals surface area contributed by atoms with E-state index in [1.807, 2.05) is 12.1 Å². The smallest absolute Gasteiger partial charge is 0.411 e. The lowest BCUT2D eigenvalue weighted by atomic mass is 9.96. The first-order chi connectivity index (χ1) is 18.0. The maximum Gasteiger partial charge on any atom is 0.411 e. The zero-order chi connectivity index (χ0) is 27.2. The van der Waals surface area contributed by atoms with Crippen LogP contribution >= 0.6 is 0 Å². The molecule has 3 amide bonds. The van der Waals surface area contributed by atoms with Crippen LogP contribution in [0.25, 0.3) is 11.1 Å². The fourth-order valence-electron chi connectivity index (χ4n) is 5.79. The Labute approximate surface area is 221 Å². The molecule has 4 unspecified atom stereocenters. The molecule has 3 aliphatic rings. The molecule has 0 spiro atoms. The van der Waals surface area contributed by atoms with E-state index in [9.17, 15) is 19.6 Å². The predicted molar refractivity (Wildman–Crippen MR) is 137 cm³/mol. The van der Waals surface area contributed by atoms with Gasteiger partial charge in [-0.1, -0.05) is 24.3 Å². The summed E-state index contributed by atoms with van der Waals surface area (Å²) in [7, 11) is 0. The van der Waals surface area contributed by atoms with Gasteiger partial charge in [-0.15, -0.1) is 0 Å². The third-order valence-corrected chi connectivity index (χ3v) is 7.53. The van der Waals surface area contributed by atoms with Gasteiger partial charge in [-0.05, 0) is 80.3 Å². The van der Waals surface area contributed by atoms with Gasteiger partial charge in [-0.25, -0.2) is 9.18 Å². The van der Waals surface area contributed by atoms with Crippen LogP contribution in [0.2, 0.25) is 0 Å². The van der Waals surface area contributed by atoms with Crippen LogP contribution in [0, 0.1) is 23.1 Å². The molecule has 2 aliphatic heterocycles. The summed E-state index contributed by atoms with van der Waals surface area (Å²) in [5.41, 5.74) is 2.42. The summed E-state index contributed by atoms with van der Waals surface area (Å²) in [6, 6.07) is 10.5. The first kappa shape index (κ1) is 25.7. The molecule has 8 nitrogen and oxygen atoms in total. The Kier molecular flexibility index (Phi) is 6.59. The number of ether oxygens (including phenoxy) is 1. The number of carbonyl (C=O) groups excluding carboxylic acids is 3. The predicted octanol–water partition coefficient (Wildman–Crippen LogP) is 4.07. The zero-order valence-electron chi connectivity index (χ0n) is 21.7. The molecule has 5 rings (SSSR count). The first-order valence-corrected chi connectivity index (χ1v) is 13.0. The second kappa shape index (κ2) is 9.75. The molecule has 2 aromatic rings. The van der Waals surface area contributed by atoms with E-state index >= 15 is 4.39 Å². The molecule has 2 aromatic carbocycles. The maximum atomic E-state index is 15.1. The molecule has 2 fully saturated rings. The first-order valence-electron chi connectivity index (χ1n) is 13.0. The number of amides is 3. The highest BCUT2D eigenvalue weighted by Crippen LogP contribution is 2.43. The number of nitrogens with zero attached hydrogens (tertiary/aromatic N) is 2. The van der Waals surface area contributed by atoms with Gasteiger partial charge in [-0.2, -0.15) is 5.26 Å². The van der Waals surface area contributed by atoms with Gasteiger partial charge < -0.3 is 15.4 Å². The Bertz CT molecular complexity index is 1350. The molecule has 2 heterocycles. The quantitative estimate of drug-likeness (QED) is 0.620. The molecule has 1 saturated heterocycles. The Morgan fingerprint density at radius 2 is 1.95 bits per heavy atom. The molecule has 0 radical (unpaired) electrons. The Morgan fingerprint density at radius 1 is 1.21 bits per heavy atom. The molecule has 4 atom stereocenters. The molecule has 1 saturated carbocycles. The lowest BCUT2D eigenvalue weighted by molar-refractivity contribution is -0.128. The van der Waals surface area contributed by atoms with E-state index in [-0.39, 0.29) is 29.9 Å². The molecular formula is C29H31FN4O4. The van der Waals surface area contributed by atoms with Gasteiger partial charge >= 0.3 is 6.09 Å².